The van der Waals surface area contributed by atoms with E-state index < -0.39 is 6.04 Å². The summed E-state index contributed by atoms with van der Waals surface area (Å²) in [4.78, 5) is 32.6. The fraction of sp³-hybridized carbons (Fsp3) is 0.240. The number of amides is 2. The fourth-order valence-electron chi connectivity index (χ4n) is 4.27. The van der Waals surface area contributed by atoms with Crippen LogP contribution in [-0.2, 0) is 17.8 Å². The van der Waals surface area contributed by atoms with E-state index in [9.17, 15) is 9.59 Å². The van der Waals surface area contributed by atoms with E-state index in [2.05, 4.69) is 10.3 Å². The predicted molar refractivity (Wildman–Crippen MR) is 117 cm³/mol. The molecule has 2 amide bonds. The number of benzene rings is 2. The van der Waals surface area contributed by atoms with Gasteiger partial charge < -0.3 is 19.1 Å². The second-order valence-corrected chi connectivity index (χ2v) is 8.40. The summed E-state index contributed by atoms with van der Waals surface area (Å²) < 4.78 is 11.1. The van der Waals surface area contributed by atoms with Gasteiger partial charge in [-0.05, 0) is 54.3 Å². The maximum Gasteiger partial charge on any atom is 0.290 e. The van der Waals surface area contributed by atoms with E-state index in [1.165, 1.54) is 6.26 Å². The van der Waals surface area contributed by atoms with Gasteiger partial charge in [0, 0.05) is 24.6 Å². The maximum absolute atomic E-state index is 13.3. The number of furan rings is 1. The Bertz CT molecular complexity index is 1320. The van der Waals surface area contributed by atoms with Crippen molar-refractivity contribution in [1.82, 2.24) is 9.88 Å². The van der Waals surface area contributed by atoms with Crippen molar-refractivity contribution in [2.45, 2.75) is 37.8 Å². The van der Waals surface area contributed by atoms with E-state index in [1.54, 1.807) is 23.1 Å². The van der Waals surface area contributed by atoms with Crippen LogP contribution < -0.4 is 5.32 Å². The number of rotatable bonds is 4. The number of oxazole rings is 1. The zero-order chi connectivity index (χ0) is 21.7. The van der Waals surface area contributed by atoms with Gasteiger partial charge in [0.1, 0.15) is 11.6 Å². The van der Waals surface area contributed by atoms with Crippen LogP contribution in [0.25, 0.3) is 11.1 Å². The third-order valence-electron chi connectivity index (χ3n) is 6.14. The van der Waals surface area contributed by atoms with Crippen LogP contribution in [0.15, 0.2) is 69.7 Å². The van der Waals surface area contributed by atoms with Crippen molar-refractivity contribution >= 4 is 28.6 Å². The first-order valence-corrected chi connectivity index (χ1v) is 10.8. The number of hydrogen-bond acceptors (Lipinski definition) is 5. The summed E-state index contributed by atoms with van der Waals surface area (Å²) in [7, 11) is 0. The normalized spacial score (nSPS) is 17.9. The van der Waals surface area contributed by atoms with Crippen LogP contribution in [0.5, 0.6) is 0 Å². The molecule has 7 heteroatoms. The van der Waals surface area contributed by atoms with Crippen molar-refractivity contribution in [2.75, 3.05) is 5.32 Å². The van der Waals surface area contributed by atoms with Crippen molar-refractivity contribution in [3.8, 4) is 0 Å². The van der Waals surface area contributed by atoms with Crippen LogP contribution in [0, 0.1) is 0 Å². The Morgan fingerprint density at radius 1 is 1.03 bits per heavy atom. The molecule has 1 atom stereocenters. The highest BCUT2D eigenvalue weighted by Gasteiger charge is 2.36. The van der Waals surface area contributed by atoms with Crippen LogP contribution in [0.2, 0.25) is 0 Å². The first-order chi connectivity index (χ1) is 15.7. The van der Waals surface area contributed by atoms with Crippen LogP contribution >= 0.6 is 0 Å². The van der Waals surface area contributed by atoms with Crippen molar-refractivity contribution in [1.29, 1.82) is 0 Å². The molecule has 1 aliphatic carbocycles. The summed E-state index contributed by atoms with van der Waals surface area (Å²) in [5.74, 6) is 0.862. The van der Waals surface area contributed by atoms with Crippen molar-refractivity contribution < 1.29 is 18.4 Å². The van der Waals surface area contributed by atoms with Gasteiger partial charge in [-0.3, -0.25) is 9.59 Å². The van der Waals surface area contributed by atoms with E-state index in [4.69, 9.17) is 8.83 Å². The Kier molecular flexibility index (Phi) is 4.35. The quantitative estimate of drug-likeness (QED) is 0.518. The first kappa shape index (κ1) is 18.9. The molecule has 1 N–H and O–H groups in total. The lowest BCUT2D eigenvalue weighted by Crippen LogP contribution is -2.50. The molecule has 6 rings (SSSR count). The lowest BCUT2D eigenvalue weighted by molar-refractivity contribution is -0.121. The van der Waals surface area contributed by atoms with E-state index in [-0.39, 0.29) is 17.6 Å². The molecule has 1 unspecified atom stereocenters. The Morgan fingerprint density at radius 2 is 1.88 bits per heavy atom. The van der Waals surface area contributed by atoms with Crippen LogP contribution in [-0.4, -0.2) is 27.7 Å². The van der Waals surface area contributed by atoms with Crippen molar-refractivity contribution in [3.63, 3.8) is 0 Å². The highest BCUT2D eigenvalue weighted by Crippen LogP contribution is 2.40. The molecular formula is C25H21N3O4. The number of anilines is 1. The molecule has 2 aromatic carbocycles. The molecule has 3 heterocycles. The van der Waals surface area contributed by atoms with Gasteiger partial charge in [0.25, 0.3) is 5.91 Å². The molecule has 0 spiro atoms. The molecule has 4 aromatic rings. The Hall–Kier alpha value is -3.87. The molecule has 0 bridgehead atoms. The number of carbonyl (C=O) groups is 2. The fourth-order valence-corrected chi connectivity index (χ4v) is 4.27. The molecule has 2 aromatic heterocycles. The Balaban J connectivity index is 1.28. The Morgan fingerprint density at radius 3 is 2.66 bits per heavy atom. The molecule has 32 heavy (non-hydrogen) atoms. The summed E-state index contributed by atoms with van der Waals surface area (Å²) >= 11 is 0. The number of nitrogens with zero attached hydrogens (tertiary/aromatic N) is 2. The van der Waals surface area contributed by atoms with Crippen molar-refractivity contribution in [3.05, 3.63) is 83.6 Å². The smallest absolute Gasteiger partial charge is 0.290 e. The summed E-state index contributed by atoms with van der Waals surface area (Å²) in [5.41, 5.74) is 4.17. The number of carbonyl (C=O) groups excluding carboxylic acids is 2. The highest BCUT2D eigenvalue weighted by atomic mass is 16.3. The molecular weight excluding hydrogens is 406 g/mol. The third kappa shape index (κ3) is 3.36. The predicted octanol–water partition coefficient (Wildman–Crippen LogP) is 4.50. The molecule has 0 radical (unpaired) electrons. The molecule has 1 aliphatic heterocycles. The van der Waals surface area contributed by atoms with E-state index in [0.717, 1.165) is 35.4 Å². The van der Waals surface area contributed by atoms with Gasteiger partial charge in [-0.2, -0.15) is 0 Å². The monoisotopic (exact) mass is 427 g/mol. The Labute approximate surface area is 184 Å². The summed E-state index contributed by atoms with van der Waals surface area (Å²) in [6.07, 6.45) is 4.12. The average Bonchev–Trinajstić information content (AvgIpc) is 3.34. The molecule has 7 nitrogen and oxygen atoms in total. The SMILES string of the molecule is O=C(Nc1ccc2oc(C3CC3)nc2c1)C1Cc2ccccc2CN1C(=O)c1ccco1. The summed E-state index contributed by atoms with van der Waals surface area (Å²) in [5, 5.41) is 2.97. The van der Waals surface area contributed by atoms with Gasteiger partial charge >= 0.3 is 0 Å². The zero-order valence-corrected chi connectivity index (χ0v) is 17.3. The van der Waals surface area contributed by atoms with Gasteiger partial charge in [0.2, 0.25) is 5.91 Å². The van der Waals surface area contributed by atoms with E-state index in [0.29, 0.717) is 30.2 Å². The van der Waals surface area contributed by atoms with Crippen LogP contribution in [0.1, 0.15) is 46.3 Å². The van der Waals surface area contributed by atoms with E-state index in [1.807, 2.05) is 36.4 Å². The molecule has 0 saturated heterocycles. The molecule has 1 fully saturated rings. The lowest BCUT2D eigenvalue weighted by atomic mass is 9.93. The number of aromatic nitrogens is 1. The average molecular weight is 427 g/mol. The van der Waals surface area contributed by atoms with Gasteiger partial charge in [0.15, 0.2) is 17.2 Å². The number of fused-ring (bicyclic) bond motifs is 2. The summed E-state index contributed by atoms with van der Waals surface area (Å²) in [6.45, 7) is 0.348. The maximum atomic E-state index is 13.3. The van der Waals surface area contributed by atoms with Gasteiger partial charge in [-0.15, -0.1) is 0 Å². The molecule has 160 valence electrons. The second kappa shape index (κ2) is 7.37. The minimum atomic E-state index is -0.655. The minimum absolute atomic E-state index is 0.221. The van der Waals surface area contributed by atoms with E-state index >= 15 is 0 Å². The number of nitrogens with one attached hydrogen (secondary N) is 1. The highest BCUT2D eigenvalue weighted by molar-refractivity contribution is 6.01. The second-order valence-electron chi connectivity index (χ2n) is 8.40. The van der Waals surface area contributed by atoms with Crippen molar-refractivity contribution in [2.24, 2.45) is 0 Å². The largest absolute Gasteiger partial charge is 0.459 e. The lowest BCUT2D eigenvalue weighted by Gasteiger charge is -2.35. The number of hydrogen-bond donors (Lipinski definition) is 1. The zero-order valence-electron chi connectivity index (χ0n) is 17.3. The minimum Gasteiger partial charge on any atom is -0.459 e. The molecule has 1 saturated carbocycles. The van der Waals surface area contributed by atoms with Crippen LogP contribution in [0.3, 0.4) is 0 Å². The standard InChI is InChI=1S/C25H21N3O4/c29-23(26-18-9-10-21-19(13-18)27-24(32-21)15-7-8-15)20-12-16-4-1-2-5-17(16)14-28(20)25(30)22-6-3-11-31-22/h1-6,9-11,13,15,20H,7-8,12,14H2,(H,26,29). The topological polar surface area (TPSA) is 88.6 Å². The van der Waals surface area contributed by atoms with Crippen LogP contribution in [0.4, 0.5) is 5.69 Å². The van der Waals surface area contributed by atoms with Gasteiger partial charge in [-0.1, -0.05) is 24.3 Å². The van der Waals surface area contributed by atoms with Gasteiger partial charge in [0.05, 0.1) is 6.26 Å². The third-order valence-corrected chi connectivity index (χ3v) is 6.14. The summed E-state index contributed by atoms with van der Waals surface area (Å²) in [6, 6.07) is 16.0. The first-order valence-electron chi connectivity index (χ1n) is 10.8. The van der Waals surface area contributed by atoms with Gasteiger partial charge in [-0.25, -0.2) is 4.98 Å². The molecule has 2 aliphatic rings.